The summed E-state index contributed by atoms with van der Waals surface area (Å²) in [7, 11) is 0. The van der Waals surface area contributed by atoms with Gasteiger partial charge < -0.3 is 19.5 Å². The molecule has 7 heteroatoms. The van der Waals surface area contributed by atoms with E-state index in [1.807, 2.05) is 0 Å². The van der Waals surface area contributed by atoms with Crippen LogP contribution in [0.15, 0.2) is 42.6 Å². The van der Waals surface area contributed by atoms with Gasteiger partial charge in [-0.05, 0) is 29.8 Å². The van der Waals surface area contributed by atoms with Crippen molar-refractivity contribution in [2.24, 2.45) is 0 Å². The van der Waals surface area contributed by atoms with Crippen molar-refractivity contribution in [2.75, 3.05) is 19.7 Å². The van der Waals surface area contributed by atoms with Crippen molar-refractivity contribution in [2.45, 2.75) is 19.1 Å². The molecule has 1 aromatic heterocycles. The largest absolute Gasteiger partial charge is 0.485 e. The first-order chi connectivity index (χ1) is 12.2. The number of carbonyl (C=O) groups excluding carboxylic acids is 1. The van der Waals surface area contributed by atoms with Gasteiger partial charge in [0.1, 0.15) is 11.9 Å². The quantitative estimate of drug-likeness (QED) is 0.798. The third kappa shape index (κ3) is 4.61. The lowest BCUT2D eigenvalue weighted by molar-refractivity contribution is -0.132. The van der Waals surface area contributed by atoms with Gasteiger partial charge in [0, 0.05) is 19.2 Å². The third-order valence-corrected chi connectivity index (χ3v) is 4.27. The molecule has 1 atom stereocenters. The van der Waals surface area contributed by atoms with Gasteiger partial charge in [0.15, 0.2) is 17.5 Å². The molecule has 3 rings (SSSR count). The highest BCUT2D eigenvalue weighted by molar-refractivity contribution is 6.30. The van der Waals surface area contributed by atoms with Crippen LogP contribution in [0.1, 0.15) is 12.0 Å². The number of hydrogen-bond donors (Lipinski definition) is 1. The van der Waals surface area contributed by atoms with E-state index in [1.165, 1.54) is 0 Å². The molecule has 0 bridgehead atoms. The highest BCUT2D eigenvalue weighted by Gasteiger charge is 2.28. The maximum Gasteiger partial charge on any atom is 0.260 e. The van der Waals surface area contributed by atoms with Crippen molar-refractivity contribution in [3.8, 4) is 11.5 Å². The summed E-state index contributed by atoms with van der Waals surface area (Å²) in [5.41, 5.74) is 0.798. The minimum atomic E-state index is -0.102. The van der Waals surface area contributed by atoms with E-state index in [2.05, 4.69) is 4.98 Å². The summed E-state index contributed by atoms with van der Waals surface area (Å²) in [6, 6.07) is 10.5. The number of ether oxygens (including phenoxy) is 2. The number of hydrogen-bond acceptors (Lipinski definition) is 5. The summed E-state index contributed by atoms with van der Waals surface area (Å²) in [6.07, 6.45) is 2.24. The zero-order valence-corrected chi connectivity index (χ0v) is 14.4. The van der Waals surface area contributed by atoms with E-state index in [0.717, 1.165) is 12.0 Å². The lowest BCUT2D eigenvalue weighted by atomic mass is 10.2. The van der Waals surface area contributed by atoms with Crippen LogP contribution in [0.5, 0.6) is 11.5 Å². The molecule has 6 nitrogen and oxygen atoms in total. The smallest absolute Gasteiger partial charge is 0.260 e. The second-order valence-electron chi connectivity index (χ2n) is 5.75. The van der Waals surface area contributed by atoms with Crippen molar-refractivity contribution in [3.05, 3.63) is 53.3 Å². The number of pyridine rings is 1. The van der Waals surface area contributed by atoms with Gasteiger partial charge in [-0.25, -0.2) is 4.98 Å². The van der Waals surface area contributed by atoms with Crippen LogP contribution < -0.4 is 9.47 Å². The van der Waals surface area contributed by atoms with Crippen LogP contribution in [0.2, 0.25) is 5.15 Å². The monoisotopic (exact) mass is 362 g/mol. The highest BCUT2D eigenvalue weighted by Crippen LogP contribution is 2.24. The summed E-state index contributed by atoms with van der Waals surface area (Å²) in [4.78, 5) is 18.0. The molecule has 0 saturated carbocycles. The predicted octanol–water partition coefficient (Wildman–Crippen LogP) is 2.29. The fourth-order valence-electron chi connectivity index (χ4n) is 2.62. The number of halogens is 1. The molecule has 0 radical (unpaired) electrons. The predicted molar refractivity (Wildman–Crippen MR) is 92.7 cm³/mol. The molecule has 1 aromatic carbocycles. The Labute approximate surface area is 151 Å². The number of aromatic nitrogens is 1. The number of carbonyl (C=O) groups is 1. The van der Waals surface area contributed by atoms with Gasteiger partial charge in [0.05, 0.1) is 13.2 Å². The molecule has 2 aromatic rings. The highest BCUT2D eigenvalue weighted by atomic mass is 35.5. The van der Waals surface area contributed by atoms with Gasteiger partial charge in [0.2, 0.25) is 0 Å². The van der Waals surface area contributed by atoms with Gasteiger partial charge in [-0.1, -0.05) is 23.7 Å². The molecular weight excluding hydrogens is 344 g/mol. The fraction of sp³-hybridized carbons (Fsp3) is 0.333. The number of aliphatic hydroxyl groups excluding tert-OH is 1. The number of aliphatic hydroxyl groups is 1. The molecule has 1 saturated heterocycles. The second-order valence-corrected chi connectivity index (χ2v) is 6.11. The van der Waals surface area contributed by atoms with Crippen LogP contribution in [0.3, 0.4) is 0 Å². The number of benzene rings is 1. The van der Waals surface area contributed by atoms with Gasteiger partial charge in [0.25, 0.3) is 5.91 Å². The van der Waals surface area contributed by atoms with Crippen molar-refractivity contribution in [1.29, 1.82) is 0 Å². The molecule has 1 aliphatic rings. The zero-order valence-electron chi connectivity index (χ0n) is 13.6. The molecule has 25 heavy (non-hydrogen) atoms. The first-order valence-corrected chi connectivity index (χ1v) is 8.41. The van der Waals surface area contributed by atoms with Crippen molar-refractivity contribution < 1.29 is 19.4 Å². The fourth-order valence-corrected chi connectivity index (χ4v) is 2.78. The maximum absolute atomic E-state index is 12.3. The number of likely N-dealkylation sites (tertiary alicyclic amines) is 1. The van der Waals surface area contributed by atoms with E-state index in [9.17, 15) is 4.79 Å². The van der Waals surface area contributed by atoms with Crippen LogP contribution >= 0.6 is 11.6 Å². The Morgan fingerprint density at radius 1 is 1.32 bits per heavy atom. The minimum absolute atomic E-state index is 0.0185. The van der Waals surface area contributed by atoms with Crippen LogP contribution in [-0.2, 0) is 11.4 Å². The molecule has 0 aliphatic carbocycles. The standard InChI is InChI=1S/C18H19ClN2O4/c19-18-16(2-1-8-20-18)25-15-7-9-21(10-15)17(23)12-24-14-5-3-13(11-22)4-6-14/h1-6,8,15,22H,7,9-12H2. The topological polar surface area (TPSA) is 71.9 Å². The van der Waals surface area contributed by atoms with Gasteiger partial charge in [-0.3, -0.25) is 4.79 Å². The Hall–Kier alpha value is -2.31. The van der Waals surface area contributed by atoms with Crippen molar-refractivity contribution in [1.82, 2.24) is 9.88 Å². The van der Waals surface area contributed by atoms with E-state index in [0.29, 0.717) is 29.7 Å². The second kappa shape index (κ2) is 8.18. The van der Waals surface area contributed by atoms with Crippen LogP contribution in [0, 0.1) is 0 Å². The summed E-state index contributed by atoms with van der Waals surface area (Å²) < 4.78 is 11.3. The van der Waals surface area contributed by atoms with Gasteiger partial charge >= 0.3 is 0 Å². The normalized spacial score (nSPS) is 16.7. The van der Waals surface area contributed by atoms with Crippen LogP contribution in [-0.4, -0.2) is 46.7 Å². The average molecular weight is 363 g/mol. The molecule has 0 spiro atoms. The van der Waals surface area contributed by atoms with Gasteiger partial charge in [-0.15, -0.1) is 0 Å². The molecule has 1 amide bonds. The molecule has 132 valence electrons. The first kappa shape index (κ1) is 17.5. The molecule has 1 fully saturated rings. The SMILES string of the molecule is O=C(COc1ccc(CO)cc1)N1CCC(Oc2cccnc2Cl)C1. The number of rotatable bonds is 6. The summed E-state index contributed by atoms with van der Waals surface area (Å²) >= 11 is 5.99. The molecule has 2 heterocycles. The number of amides is 1. The minimum Gasteiger partial charge on any atom is -0.485 e. The van der Waals surface area contributed by atoms with E-state index >= 15 is 0 Å². The molecule has 1 aliphatic heterocycles. The first-order valence-electron chi connectivity index (χ1n) is 8.03. The molecular formula is C18H19ClN2O4. The average Bonchev–Trinajstić information content (AvgIpc) is 3.11. The van der Waals surface area contributed by atoms with E-state index in [4.69, 9.17) is 26.2 Å². The number of nitrogens with zero attached hydrogens (tertiary/aromatic N) is 2. The lowest BCUT2D eigenvalue weighted by Crippen LogP contribution is -2.34. The van der Waals surface area contributed by atoms with Crippen molar-refractivity contribution in [3.63, 3.8) is 0 Å². The Bertz CT molecular complexity index is 723. The van der Waals surface area contributed by atoms with Gasteiger partial charge in [-0.2, -0.15) is 0 Å². The lowest BCUT2D eigenvalue weighted by Gasteiger charge is -2.18. The Morgan fingerprint density at radius 3 is 2.84 bits per heavy atom. The summed E-state index contributed by atoms with van der Waals surface area (Å²) in [5.74, 6) is 1.04. The summed E-state index contributed by atoms with van der Waals surface area (Å²) in [5, 5.41) is 9.33. The Kier molecular flexibility index (Phi) is 5.73. The van der Waals surface area contributed by atoms with Crippen molar-refractivity contribution >= 4 is 17.5 Å². The third-order valence-electron chi connectivity index (χ3n) is 3.98. The van der Waals surface area contributed by atoms with E-state index < -0.39 is 0 Å². The van der Waals surface area contributed by atoms with Crippen LogP contribution in [0.4, 0.5) is 0 Å². The van der Waals surface area contributed by atoms with Crippen LogP contribution in [0.25, 0.3) is 0 Å². The molecule has 1 N–H and O–H groups in total. The maximum atomic E-state index is 12.3. The Morgan fingerprint density at radius 2 is 2.12 bits per heavy atom. The Balaban J connectivity index is 1.48. The zero-order chi connectivity index (χ0) is 17.6. The van der Waals surface area contributed by atoms with E-state index in [1.54, 1.807) is 47.5 Å². The molecule has 1 unspecified atom stereocenters. The summed E-state index contributed by atoms with van der Waals surface area (Å²) in [6.45, 7) is 1.07. The van der Waals surface area contributed by atoms with E-state index in [-0.39, 0.29) is 25.2 Å².